The van der Waals surface area contributed by atoms with E-state index >= 15 is 0 Å². The van der Waals surface area contributed by atoms with Crippen molar-refractivity contribution in [1.82, 2.24) is 10.3 Å². The number of carbonyl (C=O) groups is 1. The van der Waals surface area contributed by atoms with Crippen LogP contribution in [-0.4, -0.2) is 37.9 Å². The second-order valence-corrected chi connectivity index (χ2v) is 7.48. The van der Waals surface area contributed by atoms with Gasteiger partial charge in [0.25, 0.3) is 5.91 Å². The molecule has 19 heavy (non-hydrogen) atoms. The summed E-state index contributed by atoms with van der Waals surface area (Å²) in [6, 6.07) is 7.39. The van der Waals surface area contributed by atoms with E-state index < -0.39 is 9.84 Å². The van der Waals surface area contributed by atoms with Crippen molar-refractivity contribution >= 4 is 42.6 Å². The van der Waals surface area contributed by atoms with Gasteiger partial charge in [0.05, 0.1) is 5.75 Å². The SMILES string of the molecule is CS(=O)(=O)CCNC(=O)c1cc2ccc(Br)cc2[nH]1. The lowest BCUT2D eigenvalue weighted by atomic mass is 10.2. The fourth-order valence-corrected chi connectivity index (χ4v) is 2.50. The van der Waals surface area contributed by atoms with Crippen molar-refractivity contribution in [3.8, 4) is 0 Å². The quantitative estimate of drug-likeness (QED) is 0.885. The number of aromatic nitrogens is 1. The van der Waals surface area contributed by atoms with Crippen LogP contribution in [0.15, 0.2) is 28.7 Å². The van der Waals surface area contributed by atoms with Crippen molar-refractivity contribution in [2.45, 2.75) is 0 Å². The van der Waals surface area contributed by atoms with Crippen LogP contribution in [0.25, 0.3) is 10.9 Å². The molecule has 0 atom stereocenters. The Hall–Kier alpha value is -1.34. The molecule has 0 aliphatic heterocycles. The lowest BCUT2D eigenvalue weighted by Gasteiger charge is -2.01. The Bertz CT molecular complexity index is 722. The molecule has 7 heteroatoms. The highest BCUT2D eigenvalue weighted by atomic mass is 79.9. The zero-order valence-corrected chi connectivity index (χ0v) is 12.6. The van der Waals surface area contributed by atoms with Gasteiger partial charge in [-0.15, -0.1) is 0 Å². The molecular weight excluding hydrogens is 332 g/mol. The molecular formula is C12H13BrN2O3S. The van der Waals surface area contributed by atoms with Crippen LogP contribution < -0.4 is 5.32 Å². The van der Waals surface area contributed by atoms with Gasteiger partial charge in [0, 0.05) is 28.2 Å². The van der Waals surface area contributed by atoms with Crippen LogP contribution in [0, 0.1) is 0 Å². The zero-order chi connectivity index (χ0) is 14.0. The maximum atomic E-state index is 11.8. The topological polar surface area (TPSA) is 79.0 Å². The number of nitrogens with one attached hydrogen (secondary N) is 2. The number of amides is 1. The van der Waals surface area contributed by atoms with E-state index in [0.29, 0.717) is 5.69 Å². The largest absolute Gasteiger partial charge is 0.350 e. The lowest BCUT2D eigenvalue weighted by Crippen LogP contribution is -2.28. The van der Waals surface area contributed by atoms with Gasteiger partial charge in [0.1, 0.15) is 15.5 Å². The maximum absolute atomic E-state index is 11.8. The molecule has 0 bridgehead atoms. The Balaban J connectivity index is 2.09. The first kappa shape index (κ1) is 14.1. The van der Waals surface area contributed by atoms with Gasteiger partial charge >= 0.3 is 0 Å². The molecule has 0 saturated heterocycles. The number of benzene rings is 1. The summed E-state index contributed by atoms with van der Waals surface area (Å²) in [6.07, 6.45) is 1.14. The smallest absolute Gasteiger partial charge is 0.267 e. The summed E-state index contributed by atoms with van der Waals surface area (Å²) in [5, 5.41) is 3.50. The number of carbonyl (C=O) groups excluding carboxylic acids is 1. The fourth-order valence-electron chi connectivity index (χ4n) is 1.67. The minimum Gasteiger partial charge on any atom is -0.350 e. The van der Waals surface area contributed by atoms with Gasteiger partial charge in [0.2, 0.25) is 0 Å². The average molecular weight is 345 g/mol. The van der Waals surface area contributed by atoms with E-state index in [-0.39, 0.29) is 18.2 Å². The number of aromatic amines is 1. The van der Waals surface area contributed by atoms with Crippen LogP contribution in [0.5, 0.6) is 0 Å². The van der Waals surface area contributed by atoms with E-state index in [4.69, 9.17) is 0 Å². The molecule has 1 aromatic heterocycles. The van der Waals surface area contributed by atoms with Crippen molar-refractivity contribution in [3.63, 3.8) is 0 Å². The number of hydrogen-bond acceptors (Lipinski definition) is 3. The summed E-state index contributed by atoms with van der Waals surface area (Å²) in [5.41, 5.74) is 1.27. The fraction of sp³-hybridized carbons (Fsp3) is 0.250. The van der Waals surface area contributed by atoms with Crippen molar-refractivity contribution in [2.75, 3.05) is 18.6 Å². The number of rotatable bonds is 4. The molecule has 1 heterocycles. The maximum Gasteiger partial charge on any atom is 0.267 e. The average Bonchev–Trinajstić information content (AvgIpc) is 2.70. The van der Waals surface area contributed by atoms with Gasteiger partial charge in [-0.2, -0.15) is 0 Å². The molecule has 2 rings (SSSR count). The summed E-state index contributed by atoms with van der Waals surface area (Å²) < 4.78 is 22.8. The van der Waals surface area contributed by atoms with E-state index in [1.54, 1.807) is 6.07 Å². The highest BCUT2D eigenvalue weighted by Crippen LogP contribution is 2.20. The molecule has 1 aromatic carbocycles. The summed E-state index contributed by atoms with van der Waals surface area (Å²) in [4.78, 5) is 14.8. The molecule has 0 aliphatic rings. The predicted molar refractivity (Wildman–Crippen MR) is 78.0 cm³/mol. The van der Waals surface area contributed by atoms with Crippen LogP contribution in [-0.2, 0) is 9.84 Å². The molecule has 0 saturated carbocycles. The summed E-state index contributed by atoms with van der Waals surface area (Å²) in [7, 11) is -3.06. The molecule has 2 aromatic rings. The molecule has 5 nitrogen and oxygen atoms in total. The highest BCUT2D eigenvalue weighted by molar-refractivity contribution is 9.10. The molecule has 0 unspecified atom stereocenters. The number of halogens is 1. The Kier molecular flexibility index (Phi) is 3.96. The van der Waals surface area contributed by atoms with E-state index in [1.807, 2.05) is 18.2 Å². The standard InChI is InChI=1S/C12H13BrN2O3S/c1-19(17,18)5-4-14-12(16)11-6-8-2-3-9(13)7-10(8)15-11/h2-3,6-7,15H,4-5H2,1H3,(H,14,16). The Morgan fingerprint density at radius 3 is 2.79 bits per heavy atom. The molecule has 0 fully saturated rings. The summed E-state index contributed by atoms with van der Waals surface area (Å²) in [5.74, 6) is -0.374. The molecule has 1 amide bonds. The van der Waals surface area contributed by atoms with Gasteiger partial charge in [0.15, 0.2) is 0 Å². The first-order valence-corrected chi connectivity index (χ1v) is 8.45. The van der Waals surface area contributed by atoms with Gasteiger partial charge < -0.3 is 10.3 Å². The third-order valence-corrected chi connectivity index (χ3v) is 4.03. The van der Waals surface area contributed by atoms with Crippen LogP contribution >= 0.6 is 15.9 Å². The minimum atomic E-state index is -3.06. The first-order chi connectivity index (χ1) is 8.85. The third kappa shape index (κ3) is 3.81. The van der Waals surface area contributed by atoms with Gasteiger partial charge in [-0.3, -0.25) is 4.79 Å². The molecule has 102 valence electrons. The van der Waals surface area contributed by atoms with Crippen LogP contribution in [0.4, 0.5) is 0 Å². The molecule has 0 aliphatic carbocycles. The van der Waals surface area contributed by atoms with Gasteiger partial charge in [-0.05, 0) is 18.2 Å². The highest BCUT2D eigenvalue weighted by Gasteiger charge is 2.10. The van der Waals surface area contributed by atoms with E-state index in [9.17, 15) is 13.2 Å². The molecule has 0 spiro atoms. The number of sulfone groups is 1. The van der Waals surface area contributed by atoms with Crippen LogP contribution in [0.1, 0.15) is 10.5 Å². The normalized spacial score (nSPS) is 11.7. The number of fused-ring (bicyclic) bond motifs is 1. The number of H-pyrrole nitrogens is 1. The van der Waals surface area contributed by atoms with Crippen LogP contribution in [0.3, 0.4) is 0 Å². The second-order valence-electron chi connectivity index (χ2n) is 4.30. The monoisotopic (exact) mass is 344 g/mol. The Morgan fingerprint density at radius 2 is 2.11 bits per heavy atom. The Labute approximate surface area is 119 Å². The lowest BCUT2D eigenvalue weighted by molar-refractivity contribution is 0.0952. The van der Waals surface area contributed by atoms with Gasteiger partial charge in [-0.1, -0.05) is 22.0 Å². The van der Waals surface area contributed by atoms with Crippen molar-refractivity contribution in [1.29, 1.82) is 0 Å². The first-order valence-electron chi connectivity index (χ1n) is 5.59. The van der Waals surface area contributed by atoms with Crippen molar-refractivity contribution in [2.24, 2.45) is 0 Å². The zero-order valence-electron chi connectivity index (χ0n) is 10.2. The predicted octanol–water partition coefficient (Wildman–Crippen LogP) is 1.70. The van der Waals surface area contributed by atoms with Crippen molar-refractivity contribution in [3.05, 3.63) is 34.4 Å². The van der Waals surface area contributed by atoms with E-state index in [1.165, 1.54) is 0 Å². The summed E-state index contributed by atoms with van der Waals surface area (Å²) >= 11 is 3.36. The third-order valence-electron chi connectivity index (χ3n) is 2.59. The van der Waals surface area contributed by atoms with E-state index in [2.05, 4.69) is 26.2 Å². The Morgan fingerprint density at radius 1 is 1.37 bits per heavy atom. The van der Waals surface area contributed by atoms with Gasteiger partial charge in [-0.25, -0.2) is 8.42 Å². The molecule has 0 radical (unpaired) electrons. The van der Waals surface area contributed by atoms with E-state index in [0.717, 1.165) is 21.6 Å². The molecule has 2 N–H and O–H groups in total. The van der Waals surface area contributed by atoms with Crippen LogP contribution in [0.2, 0.25) is 0 Å². The second kappa shape index (κ2) is 5.34. The number of hydrogen-bond donors (Lipinski definition) is 2. The summed E-state index contributed by atoms with van der Waals surface area (Å²) in [6.45, 7) is 0.108. The van der Waals surface area contributed by atoms with Crippen molar-refractivity contribution < 1.29 is 13.2 Å². The minimum absolute atomic E-state index is 0.0650.